The molecule has 5 heteroatoms. The minimum Gasteiger partial charge on any atom is -0.338 e. The van der Waals surface area contributed by atoms with E-state index in [9.17, 15) is 4.89 Å². The average molecular weight is 312 g/mol. The van der Waals surface area contributed by atoms with E-state index in [0.717, 1.165) is 12.8 Å². The topological polar surface area (TPSA) is 29.5 Å². The first-order chi connectivity index (χ1) is 8.15. The summed E-state index contributed by atoms with van der Waals surface area (Å²) in [6.45, 7) is 10.8. The summed E-state index contributed by atoms with van der Waals surface area (Å²) in [5, 5.41) is 0. The van der Waals surface area contributed by atoms with Crippen molar-refractivity contribution >= 4 is 29.7 Å². The van der Waals surface area contributed by atoms with E-state index in [1.165, 1.54) is 19.3 Å². The van der Waals surface area contributed by atoms with E-state index in [1.54, 1.807) is 0 Å². The molecule has 18 heavy (non-hydrogen) atoms. The third kappa shape index (κ3) is 6.38. The van der Waals surface area contributed by atoms with Crippen molar-refractivity contribution in [3.05, 3.63) is 0 Å². The van der Waals surface area contributed by atoms with Crippen molar-refractivity contribution in [1.29, 1.82) is 0 Å². The Hall–Kier alpha value is 0.920. The Labute approximate surface area is 123 Å². The van der Waals surface area contributed by atoms with Crippen LogP contribution >= 0.6 is 17.9 Å². The van der Waals surface area contributed by atoms with Crippen LogP contribution in [0.25, 0.3) is 0 Å². The van der Waals surface area contributed by atoms with Gasteiger partial charge in [-0.25, -0.2) is 0 Å². The molecule has 0 aliphatic heterocycles. The second-order valence-electron chi connectivity index (χ2n) is 5.66. The summed E-state index contributed by atoms with van der Waals surface area (Å²) in [7, 11) is 0. The Balaban J connectivity index is 4.82. The third-order valence-corrected chi connectivity index (χ3v) is 4.71. The smallest absolute Gasteiger partial charge is 0.242 e. The molecule has 110 valence electrons. The molecule has 0 heterocycles. The lowest BCUT2D eigenvalue weighted by molar-refractivity contribution is -0.0264. The molecule has 0 amide bonds. The molecule has 0 rings (SSSR count). The van der Waals surface area contributed by atoms with E-state index in [2.05, 4.69) is 46.9 Å². The van der Waals surface area contributed by atoms with Crippen LogP contribution in [0.4, 0.5) is 0 Å². The standard InChI is InChI=1S/C13H29O2PS2/c1-6-7-8-9-10-13(11(2)3,12(4)5)15-16(14,17)18/h11-12H,6-10H2,1-5H3,(H2,14,17,18). The Morgan fingerprint density at radius 3 is 2.00 bits per heavy atom. The van der Waals surface area contributed by atoms with Crippen LogP contribution in [-0.2, 0) is 16.3 Å². The molecular weight excluding hydrogens is 283 g/mol. The van der Waals surface area contributed by atoms with E-state index < -0.39 is 5.69 Å². The van der Waals surface area contributed by atoms with Gasteiger partial charge >= 0.3 is 0 Å². The van der Waals surface area contributed by atoms with Gasteiger partial charge in [0.2, 0.25) is 5.69 Å². The maximum atomic E-state index is 9.82. The average Bonchev–Trinajstić information content (AvgIpc) is 2.20. The number of thiol groups is 1. The predicted molar refractivity (Wildman–Crippen MR) is 87.7 cm³/mol. The van der Waals surface area contributed by atoms with Crippen LogP contribution in [0.3, 0.4) is 0 Å². The molecule has 0 bridgehead atoms. The number of hydrogen-bond donors (Lipinski definition) is 2. The molecule has 0 saturated carbocycles. The molecule has 0 saturated heterocycles. The zero-order chi connectivity index (χ0) is 14.4. The van der Waals surface area contributed by atoms with Gasteiger partial charge in [-0.15, -0.1) is 0 Å². The van der Waals surface area contributed by atoms with Gasteiger partial charge in [0.15, 0.2) is 0 Å². The second-order valence-corrected chi connectivity index (χ2v) is 10.7. The molecule has 0 spiro atoms. The van der Waals surface area contributed by atoms with Crippen molar-refractivity contribution in [2.75, 3.05) is 0 Å². The highest BCUT2D eigenvalue weighted by atomic mass is 32.9. The molecule has 1 N–H and O–H groups in total. The van der Waals surface area contributed by atoms with Gasteiger partial charge in [-0.3, -0.25) is 0 Å². The quantitative estimate of drug-likeness (QED) is 0.349. The normalized spacial score (nSPS) is 16.3. The summed E-state index contributed by atoms with van der Waals surface area (Å²) in [5.41, 5.74) is -3.27. The first-order valence-electron chi connectivity index (χ1n) is 6.92. The van der Waals surface area contributed by atoms with Crippen LogP contribution in [0, 0.1) is 11.8 Å². The van der Waals surface area contributed by atoms with Crippen LogP contribution in [-0.4, -0.2) is 10.5 Å². The Kier molecular flexibility index (Phi) is 8.68. The molecule has 0 aromatic heterocycles. The highest BCUT2D eigenvalue weighted by Crippen LogP contribution is 2.55. The molecule has 0 radical (unpaired) electrons. The fourth-order valence-electron chi connectivity index (χ4n) is 2.55. The summed E-state index contributed by atoms with van der Waals surface area (Å²) >= 11 is 9.04. The molecule has 2 nitrogen and oxygen atoms in total. The lowest BCUT2D eigenvalue weighted by Gasteiger charge is -2.42. The molecule has 1 atom stereocenters. The molecular formula is C13H29O2PS2. The van der Waals surface area contributed by atoms with Gasteiger partial charge in [0.05, 0.1) is 5.60 Å². The zero-order valence-electron chi connectivity index (χ0n) is 12.3. The minimum atomic E-state index is -2.92. The van der Waals surface area contributed by atoms with Crippen molar-refractivity contribution in [1.82, 2.24) is 0 Å². The molecule has 1 unspecified atom stereocenters. The van der Waals surface area contributed by atoms with E-state index in [-0.39, 0.29) is 5.60 Å². The summed E-state index contributed by atoms with van der Waals surface area (Å²) < 4.78 is 5.87. The lowest BCUT2D eigenvalue weighted by Crippen LogP contribution is -2.42. The number of unbranched alkanes of at least 4 members (excludes halogenated alkanes) is 3. The van der Waals surface area contributed by atoms with E-state index >= 15 is 0 Å². The minimum absolute atomic E-state index is 0.320. The lowest BCUT2D eigenvalue weighted by atomic mass is 9.77. The van der Waals surface area contributed by atoms with E-state index in [0.29, 0.717) is 11.8 Å². The van der Waals surface area contributed by atoms with Crippen molar-refractivity contribution in [2.24, 2.45) is 11.8 Å². The molecule has 0 fully saturated rings. The second kappa shape index (κ2) is 8.26. The first-order valence-corrected chi connectivity index (χ1v) is 10.7. The maximum absolute atomic E-state index is 9.82. The van der Waals surface area contributed by atoms with Crippen molar-refractivity contribution in [3.63, 3.8) is 0 Å². The maximum Gasteiger partial charge on any atom is 0.242 e. The Morgan fingerprint density at radius 1 is 1.17 bits per heavy atom. The highest BCUT2D eigenvalue weighted by Gasteiger charge is 2.40. The van der Waals surface area contributed by atoms with Crippen molar-refractivity contribution in [3.8, 4) is 0 Å². The fraction of sp³-hybridized carbons (Fsp3) is 1.00. The van der Waals surface area contributed by atoms with Gasteiger partial charge in [-0.2, -0.15) is 0 Å². The van der Waals surface area contributed by atoms with Crippen LogP contribution < -0.4 is 0 Å². The van der Waals surface area contributed by atoms with Gasteiger partial charge < -0.3 is 9.42 Å². The van der Waals surface area contributed by atoms with Crippen LogP contribution in [0.15, 0.2) is 0 Å². The summed E-state index contributed by atoms with van der Waals surface area (Å²) in [6, 6.07) is 0. The van der Waals surface area contributed by atoms with Crippen LogP contribution in [0.5, 0.6) is 0 Å². The first kappa shape index (κ1) is 18.9. The van der Waals surface area contributed by atoms with Crippen molar-refractivity contribution < 1.29 is 9.42 Å². The Bertz CT molecular complexity index is 266. The molecule has 0 aromatic rings. The SMILES string of the molecule is CCCCCCC(OP(O)(=S)S)(C(C)C)C(C)C. The highest BCUT2D eigenvalue weighted by molar-refractivity contribution is 8.59. The summed E-state index contributed by atoms with van der Waals surface area (Å²) in [4.78, 5) is 9.82. The summed E-state index contributed by atoms with van der Waals surface area (Å²) in [5.74, 6) is 0.640. The van der Waals surface area contributed by atoms with E-state index in [1.807, 2.05) is 0 Å². The number of rotatable bonds is 9. The largest absolute Gasteiger partial charge is 0.338 e. The Morgan fingerprint density at radius 2 is 1.67 bits per heavy atom. The van der Waals surface area contributed by atoms with Gasteiger partial charge in [0, 0.05) is 0 Å². The molecule has 0 aliphatic rings. The van der Waals surface area contributed by atoms with Crippen LogP contribution in [0.1, 0.15) is 66.7 Å². The fourth-order valence-corrected chi connectivity index (χ4v) is 4.38. The molecule has 0 aliphatic carbocycles. The monoisotopic (exact) mass is 312 g/mol. The molecule has 0 aromatic carbocycles. The predicted octanol–water partition coefficient (Wildman–Crippen LogP) is 5.17. The van der Waals surface area contributed by atoms with Gasteiger partial charge in [-0.05, 0) is 30.1 Å². The van der Waals surface area contributed by atoms with E-state index in [4.69, 9.17) is 16.3 Å². The third-order valence-electron chi connectivity index (χ3n) is 3.66. The summed E-state index contributed by atoms with van der Waals surface area (Å²) in [6.07, 6.45) is 5.75. The number of hydrogen-bond acceptors (Lipinski definition) is 2. The van der Waals surface area contributed by atoms with Crippen molar-refractivity contribution in [2.45, 2.75) is 72.3 Å². The van der Waals surface area contributed by atoms with Gasteiger partial charge in [0.25, 0.3) is 0 Å². The van der Waals surface area contributed by atoms with Gasteiger partial charge in [-0.1, -0.05) is 72.6 Å². The van der Waals surface area contributed by atoms with Gasteiger partial charge in [0.1, 0.15) is 0 Å². The van der Waals surface area contributed by atoms with Crippen LogP contribution in [0.2, 0.25) is 0 Å². The zero-order valence-corrected chi connectivity index (χ0v) is 15.0.